The SMILES string of the molecule is CC/C=C\C/C=C\C/C=C\C/C=C\CCCCC(=O)OC[C@H](COP(=O)(O)OCC[N+](C)(C)C)OC(=O)CCCCCCCCCCC/C=C\C/C=C\CCCCC. The average molecular weight is 835 g/mol. The van der Waals surface area contributed by atoms with Crippen LogP contribution in [0.5, 0.6) is 0 Å². The van der Waals surface area contributed by atoms with Crippen LogP contribution in [-0.2, 0) is 32.7 Å². The number of allylic oxidation sites excluding steroid dienone is 12. The van der Waals surface area contributed by atoms with E-state index < -0.39 is 32.5 Å². The molecule has 58 heavy (non-hydrogen) atoms. The first-order chi connectivity index (χ1) is 28.0. The zero-order valence-corrected chi connectivity index (χ0v) is 38.4. The molecule has 0 fully saturated rings. The van der Waals surface area contributed by atoms with E-state index in [4.69, 9.17) is 18.5 Å². The molecule has 9 nitrogen and oxygen atoms in total. The number of esters is 2. The van der Waals surface area contributed by atoms with Crippen molar-refractivity contribution in [3.63, 3.8) is 0 Å². The van der Waals surface area contributed by atoms with Gasteiger partial charge in [0.05, 0.1) is 27.7 Å². The van der Waals surface area contributed by atoms with Crippen molar-refractivity contribution < 1.29 is 42.1 Å². The van der Waals surface area contributed by atoms with Gasteiger partial charge in [0.15, 0.2) is 6.10 Å². The molecular weight excluding hydrogens is 750 g/mol. The predicted molar refractivity (Wildman–Crippen MR) is 242 cm³/mol. The fourth-order valence-electron chi connectivity index (χ4n) is 5.68. The molecule has 0 amide bonds. The maximum Gasteiger partial charge on any atom is 0.472 e. The molecule has 0 aliphatic rings. The van der Waals surface area contributed by atoms with Gasteiger partial charge in [0.25, 0.3) is 0 Å². The monoisotopic (exact) mass is 835 g/mol. The molecule has 10 heteroatoms. The zero-order valence-electron chi connectivity index (χ0n) is 37.5. The van der Waals surface area contributed by atoms with Gasteiger partial charge in [0.1, 0.15) is 19.8 Å². The Hall–Kier alpha value is -2.55. The summed E-state index contributed by atoms with van der Waals surface area (Å²) in [7, 11) is 1.44. The van der Waals surface area contributed by atoms with Crippen LogP contribution in [0.4, 0.5) is 0 Å². The van der Waals surface area contributed by atoms with Crippen molar-refractivity contribution in [3.8, 4) is 0 Å². The third-order valence-corrected chi connectivity index (χ3v) is 10.2. The predicted octanol–water partition coefficient (Wildman–Crippen LogP) is 13.0. The van der Waals surface area contributed by atoms with Crippen LogP contribution in [0.1, 0.15) is 168 Å². The molecule has 1 unspecified atom stereocenters. The topological polar surface area (TPSA) is 108 Å². The minimum atomic E-state index is -4.39. The van der Waals surface area contributed by atoms with Crippen LogP contribution in [0.15, 0.2) is 72.9 Å². The van der Waals surface area contributed by atoms with Gasteiger partial charge in [0.2, 0.25) is 0 Å². The molecule has 0 rings (SSSR count). The van der Waals surface area contributed by atoms with Gasteiger partial charge in [-0.15, -0.1) is 0 Å². The van der Waals surface area contributed by atoms with Gasteiger partial charge in [-0.2, -0.15) is 0 Å². The standard InChI is InChI=1S/C48H84NO8P/c1-6-8-10-12-14-16-18-20-22-23-24-25-27-29-31-33-35-37-39-41-48(51)57-46(45-56-58(52,53)55-43-42-49(3,4)5)44-54-47(50)40-38-36-34-32-30-28-26-21-19-17-15-13-11-9-7-2/h9,11,14-17,20-22,26,30,32,46H,6-8,10,12-13,18-19,23-25,27-29,31,33-45H2,1-5H3/p+1/b11-9-,16-14-,17-15-,22-20-,26-21-,32-30-/t46-/m1/s1. The number of nitrogens with zero attached hydrogens (tertiary/aromatic N) is 1. The minimum absolute atomic E-state index is 0.0206. The Kier molecular flexibility index (Phi) is 38.1. The van der Waals surface area contributed by atoms with E-state index in [1.165, 1.54) is 57.8 Å². The quantitative estimate of drug-likeness (QED) is 0.0214. The summed E-state index contributed by atoms with van der Waals surface area (Å²) in [5.41, 5.74) is 0. The molecule has 0 saturated carbocycles. The second-order valence-corrected chi connectivity index (χ2v) is 17.5. The Morgan fingerprint density at radius 3 is 1.50 bits per heavy atom. The summed E-state index contributed by atoms with van der Waals surface area (Å²) >= 11 is 0. The van der Waals surface area contributed by atoms with Gasteiger partial charge < -0.3 is 18.9 Å². The van der Waals surface area contributed by atoms with Gasteiger partial charge in [0, 0.05) is 12.8 Å². The lowest BCUT2D eigenvalue weighted by Gasteiger charge is -2.24. The lowest BCUT2D eigenvalue weighted by Crippen LogP contribution is -2.37. The number of hydrogen-bond acceptors (Lipinski definition) is 7. The van der Waals surface area contributed by atoms with Crippen LogP contribution in [0.25, 0.3) is 0 Å². The fraction of sp³-hybridized carbons (Fsp3) is 0.708. The lowest BCUT2D eigenvalue weighted by atomic mass is 10.1. The summed E-state index contributed by atoms with van der Waals surface area (Å²) in [4.78, 5) is 35.4. The summed E-state index contributed by atoms with van der Waals surface area (Å²) in [6.07, 6.45) is 49.5. The number of ether oxygens (including phenoxy) is 2. The van der Waals surface area contributed by atoms with E-state index in [2.05, 4.69) is 86.8 Å². The maximum absolute atomic E-state index is 12.7. The highest BCUT2D eigenvalue weighted by molar-refractivity contribution is 7.47. The molecule has 0 radical (unpaired) electrons. The highest BCUT2D eigenvalue weighted by atomic mass is 31.2. The molecule has 0 aromatic heterocycles. The highest BCUT2D eigenvalue weighted by Crippen LogP contribution is 2.43. The van der Waals surface area contributed by atoms with Gasteiger partial charge >= 0.3 is 19.8 Å². The summed E-state index contributed by atoms with van der Waals surface area (Å²) in [6.45, 7) is 4.22. The third kappa shape index (κ3) is 43.0. The maximum atomic E-state index is 12.7. The molecular formula is C48H85NO8P+. The van der Waals surface area contributed by atoms with Crippen LogP contribution < -0.4 is 0 Å². The number of carbonyl (C=O) groups excluding carboxylic acids is 2. The molecule has 0 aromatic carbocycles. The summed E-state index contributed by atoms with van der Waals surface area (Å²) in [5.74, 6) is -0.857. The Balaban J connectivity index is 4.40. The number of carbonyl (C=O) groups is 2. The fourth-order valence-corrected chi connectivity index (χ4v) is 6.42. The normalized spacial score (nSPS) is 14.2. The number of rotatable bonds is 40. The number of hydrogen-bond donors (Lipinski definition) is 1. The van der Waals surface area contributed by atoms with Crippen LogP contribution in [0.2, 0.25) is 0 Å². The molecule has 0 aliphatic carbocycles. The molecule has 0 bridgehead atoms. The molecule has 0 aliphatic heterocycles. The molecule has 0 saturated heterocycles. The third-order valence-electron chi connectivity index (χ3n) is 9.22. The Morgan fingerprint density at radius 1 is 0.552 bits per heavy atom. The molecule has 0 aromatic rings. The van der Waals surface area contributed by atoms with E-state index in [0.29, 0.717) is 23.9 Å². The second kappa shape index (κ2) is 39.9. The van der Waals surface area contributed by atoms with Crippen LogP contribution >= 0.6 is 7.82 Å². The van der Waals surface area contributed by atoms with Crippen molar-refractivity contribution in [1.82, 2.24) is 0 Å². The van der Waals surface area contributed by atoms with E-state index in [0.717, 1.165) is 70.6 Å². The molecule has 0 spiro atoms. The number of likely N-dealkylation sites (N-methyl/N-ethyl adjacent to an activating group) is 1. The van der Waals surface area contributed by atoms with E-state index in [1.807, 2.05) is 21.1 Å². The highest BCUT2D eigenvalue weighted by Gasteiger charge is 2.27. The first kappa shape index (κ1) is 55.5. The number of unbranched alkanes of at least 4 members (excludes halogenated alkanes) is 14. The smallest absolute Gasteiger partial charge is 0.462 e. The van der Waals surface area contributed by atoms with Crippen molar-refractivity contribution in [2.24, 2.45) is 0 Å². The first-order valence-electron chi connectivity index (χ1n) is 22.7. The number of phosphoric acid groups is 1. The first-order valence-corrected chi connectivity index (χ1v) is 24.2. The van der Waals surface area contributed by atoms with Crippen LogP contribution in [0, 0.1) is 0 Å². The second-order valence-electron chi connectivity index (χ2n) is 16.0. The van der Waals surface area contributed by atoms with Crippen LogP contribution in [-0.4, -0.2) is 74.9 Å². The molecule has 2 atom stereocenters. The number of quaternary nitrogens is 1. The van der Waals surface area contributed by atoms with Crippen molar-refractivity contribution in [3.05, 3.63) is 72.9 Å². The van der Waals surface area contributed by atoms with Gasteiger partial charge in [-0.25, -0.2) is 4.57 Å². The summed E-state index contributed by atoms with van der Waals surface area (Å²) in [5, 5.41) is 0. The molecule has 0 heterocycles. The van der Waals surface area contributed by atoms with E-state index in [1.54, 1.807) is 0 Å². The Bertz CT molecular complexity index is 1220. The van der Waals surface area contributed by atoms with Crippen molar-refractivity contribution >= 4 is 19.8 Å². The van der Waals surface area contributed by atoms with Gasteiger partial charge in [-0.05, 0) is 83.5 Å². The van der Waals surface area contributed by atoms with Gasteiger partial charge in [-0.1, -0.05) is 145 Å². The molecule has 334 valence electrons. The van der Waals surface area contributed by atoms with E-state index >= 15 is 0 Å². The Morgan fingerprint density at radius 2 is 0.983 bits per heavy atom. The van der Waals surface area contributed by atoms with Crippen molar-refractivity contribution in [2.45, 2.75) is 174 Å². The summed E-state index contributed by atoms with van der Waals surface area (Å²) < 4.78 is 34.3. The average Bonchev–Trinajstić information content (AvgIpc) is 3.17. The zero-order chi connectivity index (χ0) is 42.8. The van der Waals surface area contributed by atoms with E-state index in [-0.39, 0.29) is 26.1 Å². The lowest BCUT2D eigenvalue weighted by molar-refractivity contribution is -0.870. The van der Waals surface area contributed by atoms with Crippen molar-refractivity contribution in [1.29, 1.82) is 0 Å². The molecule has 1 N–H and O–H groups in total. The summed E-state index contributed by atoms with van der Waals surface area (Å²) in [6, 6.07) is 0. The largest absolute Gasteiger partial charge is 0.472 e. The van der Waals surface area contributed by atoms with Gasteiger partial charge in [-0.3, -0.25) is 18.6 Å². The minimum Gasteiger partial charge on any atom is -0.462 e. The van der Waals surface area contributed by atoms with Crippen molar-refractivity contribution in [2.75, 3.05) is 47.5 Å². The van der Waals surface area contributed by atoms with E-state index in [9.17, 15) is 19.0 Å². The van der Waals surface area contributed by atoms with Crippen LogP contribution in [0.3, 0.4) is 0 Å². The Labute approximate surface area is 355 Å². The number of phosphoric ester groups is 1.